The molecule has 66 valence electrons. The van der Waals surface area contributed by atoms with E-state index in [9.17, 15) is 0 Å². The van der Waals surface area contributed by atoms with E-state index in [0.717, 1.165) is 30.8 Å². The van der Waals surface area contributed by atoms with Crippen molar-refractivity contribution in [2.45, 2.75) is 25.9 Å². The Balaban J connectivity index is 2.26. The molecule has 0 aliphatic carbocycles. The van der Waals surface area contributed by atoms with Crippen LogP contribution in [0.2, 0.25) is 0 Å². The maximum atomic E-state index is 5.55. The van der Waals surface area contributed by atoms with Crippen molar-refractivity contribution >= 4 is 22.6 Å². The third-order valence-corrected chi connectivity index (χ3v) is 3.49. The van der Waals surface area contributed by atoms with Crippen LogP contribution in [0.25, 0.3) is 0 Å². The van der Waals surface area contributed by atoms with Crippen molar-refractivity contribution in [2.75, 3.05) is 6.61 Å². The first kappa shape index (κ1) is 8.50. The number of H-pyrrole nitrogens is 1. The minimum atomic E-state index is 0.238. The van der Waals surface area contributed by atoms with Gasteiger partial charge in [0, 0.05) is 12.3 Å². The van der Waals surface area contributed by atoms with Gasteiger partial charge in [0.25, 0.3) is 0 Å². The minimum absolute atomic E-state index is 0.238. The van der Waals surface area contributed by atoms with Crippen LogP contribution in [0, 0.1) is 10.5 Å². The average molecular weight is 278 g/mol. The summed E-state index contributed by atoms with van der Waals surface area (Å²) in [5, 5.41) is 7.22. The largest absolute Gasteiger partial charge is 0.372 e. The van der Waals surface area contributed by atoms with Crippen LogP contribution in [0.4, 0.5) is 0 Å². The van der Waals surface area contributed by atoms with Gasteiger partial charge in [0.1, 0.15) is 11.8 Å². The molecule has 1 aliphatic rings. The minimum Gasteiger partial charge on any atom is -0.372 e. The second-order valence-electron chi connectivity index (χ2n) is 3.05. The number of aryl methyl sites for hydroxylation is 1. The molecule has 4 heteroatoms. The molecule has 1 saturated heterocycles. The van der Waals surface area contributed by atoms with Crippen LogP contribution >= 0.6 is 22.6 Å². The quantitative estimate of drug-likeness (QED) is 0.799. The topological polar surface area (TPSA) is 37.9 Å². The summed E-state index contributed by atoms with van der Waals surface area (Å²) in [5.74, 6) is 0. The number of ether oxygens (including phenoxy) is 1. The Hall–Kier alpha value is -0.100. The van der Waals surface area contributed by atoms with E-state index < -0.39 is 0 Å². The van der Waals surface area contributed by atoms with Crippen molar-refractivity contribution in [1.82, 2.24) is 10.2 Å². The van der Waals surface area contributed by atoms with Gasteiger partial charge in [0.05, 0.1) is 3.57 Å². The van der Waals surface area contributed by atoms with Gasteiger partial charge in [-0.15, -0.1) is 0 Å². The third kappa shape index (κ3) is 1.37. The Morgan fingerprint density at radius 1 is 1.67 bits per heavy atom. The molecule has 0 radical (unpaired) electrons. The molecule has 2 heterocycles. The number of hydrogen-bond acceptors (Lipinski definition) is 2. The van der Waals surface area contributed by atoms with Gasteiger partial charge in [-0.3, -0.25) is 5.10 Å². The number of nitrogens with zero attached hydrogens (tertiary/aromatic N) is 1. The Kier molecular flexibility index (Phi) is 2.36. The molecule has 1 N–H and O–H groups in total. The lowest BCUT2D eigenvalue weighted by atomic mass is 10.2. The molecule has 2 rings (SSSR count). The highest BCUT2D eigenvalue weighted by molar-refractivity contribution is 14.1. The summed E-state index contributed by atoms with van der Waals surface area (Å²) in [5.41, 5.74) is 2.23. The predicted octanol–water partition coefficient (Wildman–Crippen LogP) is 2.17. The first-order valence-corrected chi connectivity index (χ1v) is 5.19. The summed E-state index contributed by atoms with van der Waals surface area (Å²) in [7, 11) is 0. The lowest BCUT2D eigenvalue weighted by Gasteiger charge is -2.05. The highest BCUT2D eigenvalue weighted by atomic mass is 127. The van der Waals surface area contributed by atoms with Crippen LogP contribution < -0.4 is 0 Å². The van der Waals surface area contributed by atoms with E-state index in [1.54, 1.807) is 0 Å². The van der Waals surface area contributed by atoms with Crippen LogP contribution in [0.5, 0.6) is 0 Å². The number of hydrogen-bond donors (Lipinski definition) is 1. The number of nitrogens with one attached hydrogen (secondary N) is 1. The van der Waals surface area contributed by atoms with E-state index in [1.165, 1.54) is 3.57 Å². The predicted molar refractivity (Wildman–Crippen MR) is 54.0 cm³/mol. The first-order chi connectivity index (χ1) is 5.79. The maximum absolute atomic E-state index is 5.55. The Morgan fingerprint density at radius 2 is 2.50 bits per heavy atom. The summed E-state index contributed by atoms with van der Waals surface area (Å²) >= 11 is 2.32. The number of aromatic amines is 1. The molecule has 0 bridgehead atoms. The van der Waals surface area contributed by atoms with E-state index in [1.807, 2.05) is 6.92 Å². The van der Waals surface area contributed by atoms with Crippen LogP contribution in [0.3, 0.4) is 0 Å². The summed E-state index contributed by atoms with van der Waals surface area (Å²) in [6.07, 6.45) is 2.51. The maximum Gasteiger partial charge on any atom is 0.105 e. The summed E-state index contributed by atoms with van der Waals surface area (Å²) in [4.78, 5) is 0. The van der Waals surface area contributed by atoms with Gasteiger partial charge in [-0.25, -0.2) is 0 Å². The molecule has 12 heavy (non-hydrogen) atoms. The Labute approximate surface area is 85.0 Å². The zero-order valence-corrected chi connectivity index (χ0v) is 9.09. The van der Waals surface area contributed by atoms with Crippen molar-refractivity contribution in [3.8, 4) is 0 Å². The van der Waals surface area contributed by atoms with Gasteiger partial charge >= 0.3 is 0 Å². The lowest BCUT2D eigenvalue weighted by molar-refractivity contribution is 0.108. The highest BCUT2D eigenvalue weighted by Crippen LogP contribution is 2.30. The average Bonchev–Trinajstić information content (AvgIpc) is 2.64. The van der Waals surface area contributed by atoms with E-state index in [-0.39, 0.29) is 6.10 Å². The zero-order chi connectivity index (χ0) is 8.55. The highest BCUT2D eigenvalue weighted by Gasteiger charge is 2.23. The number of halogens is 1. The van der Waals surface area contributed by atoms with E-state index in [2.05, 4.69) is 32.8 Å². The van der Waals surface area contributed by atoms with Crippen molar-refractivity contribution < 1.29 is 4.74 Å². The standard InChI is InChI=1S/C8H11IN2O/c1-5-7(9)8(11-10-5)6-3-2-4-12-6/h6H,2-4H2,1H3,(H,10,11). The monoisotopic (exact) mass is 278 g/mol. The van der Waals surface area contributed by atoms with E-state index >= 15 is 0 Å². The van der Waals surface area contributed by atoms with Crippen molar-refractivity contribution in [3.05, 3.63) is 15.0 Å². The van der Waals surface area contributed by atoms with Gasteiger partial charge in [-0.05, 0) is 42.4 Å². The molecule has 1 aromatic heterocycles. The first-order valence-electron chi connectivity index (χ1n) is 4.11. The van der Waals surface area contributed by atoms with Gasteiger partial charge in [-0.2, -0.15) is 5.10 Å². The van der Waals surface area contributed by atoms with E-state index in [4.69, 9.17) is 4.74 Å². The molecule has 3 nitrogen and oxygen atoms in total. The summed E-state index contributed by atoms with van der Waals surface area (Å²) in [6, 6.07) is 0. The second kappa shape index (κ2) is 3.33. The van der Waals surface area contributed by atoms with E-state index in [0.29, 0.717) is 0 Å². The molecule has 1 aliphatic heterocycles. The van der Waals surface area contributed by atoms with Gasteiger partial charge < -0.3 is 4.74 Å². The zero-order valence-electron chi connectivity index (χ0n) is 6.93. The smallest absolute Gasteiger partial charge is 0.105 e. The van der Waals surface area contributed by atoms with Crippen LogP contribution in [0.15, 0.2) is 0 Å². The van der Waals surface area contributed by atoms with Crippen molar-refractivity contribution in [2.24, 2.45) is 0 Å². The molecular formula is C8H11IN2O. The molecule has 1 fully saturated rings. The molecule has 0 saturated carbocycles. The van der Waals surface area contributed by atoms with Crippen LogP contribution in [0.1, 0.15) is 30.3 Å². The van der Waals surface area contributed by atoms with Gasteiger partial charge in [0.15, 0.2) is 0 Å². The van der Waals surface area contributed by atoms with Crippen LogP contribution in [-0.4, -0.2) is 16.8 Å². The number of aromatic nitrogens is 2. The normalized spacial score (nSPS) is 23.3. The molecule has 1 unspecified atom stereocenters. The molecule has 1 aromatic rings. The molecule has 0 amide bonds. The van der Waals surface area contributed by atoms with Crippen molar-refractivity contribution in [3.63, 3.8) is 0 Å². The molecule has 0 aromatic carbocycles. The fraction of sp³-hybridized carbons (Fsp3) is 0.625. The lowest BCUT2D eigenvalue weighted by Crippen LogP contribution is -1.98. The third-order valence-electron chi connectivity index (χ3n) is 2.13. The number of rotatable bonds is 1. The SMILES string of the molecule is Cc1[nH]nc(C2CCCO2)c1I. The van der Waals surface area contributed by atoms with Gasteiger partial charge in [0.2, 0.25) is 0 Å². The Bertz CT molecular complexity index is 279. The molecular weight excluding hydrogens is 267 g/mol. The second-order valence-corrected chi connectivity index (χ2v) is 4.13. The van der Waals surface area contributed by atoms with Gasteiger partial charge in [-0.1, -0.05) is 0 Å². The fourth-order valence-corrected chi connectivity index (χ4v) is 2.03. The summed E-state index contributed by atoms with van der Waals surface area (Å²) < 4.78 is 6.77. The van der Waals surface area contributed by atoms with Crippen LogP contribution in [-0.2, 0) is 4.74 Å². The molecule has 0 spiro atoms. The van der Waals surface area contributed by atoms with Crippen molar-refractivity contribution in [1.29, 1.82) is 0 Å². The molecule has 1 atom stereocenters. The fourth-order valence-electron chi connectivity index (χ4n) is 1.44. The Morgan fingerprint density at radius 3 is 3.00 bits per heavy atom. The summed E-state index contributed by atoms with van der Waals surface area (Å²) in [6.45, 7) is 2.92.